The lowest BCUT2D eigenvalue weighted by Gasteiger charge is -2.35. The van der Waals surface area contributed by atoms with E-state index in [1.165, 1.54) is 0 Å². The van der Waals surface area contributed by atoms with E-state index in [1.54, 1.807) is 6.08 Å². The largest absolute Gasteiger partial charge is 0.490 e. The van der Waals surface area contributed by atoms with Crippen molar-refractivity contribution in [3.63, 3.8) is 0 Å². The molecule has 344 valence electrons. The maximum absolute atomic E-state index is 6.98. The van der Waals surface area contributed by atoms with Gasteiger partial charge in [-0.05, 0) is 135 Å². The highest BCUT2D eigenvalue weighted by atomic mass is 35.5. The molecule has 0 heterocycles. The molecule has 0 aliphatic heterocycles. The Hall–Kier alpha value is -2.41. The number of halogens is 7. The van der Waals surface area contributed by atoms with Crippen molar-refractivity contribution >= 4 is 81.2 Å². The molecule has 0 aliphatic rings. The molecule has 0 fully saturated rings. The highest BCUT2D eigenvalue weighted by Crippen LogP contribution is 2.47. The second-order valence-electron chi connectivity index (χ2n) is 17.4. The van der Waals surface area contributed by atoms with Crippen LogP contribution in [-0.2, 0) is 10.8 Å². The van der Waals surface area contributed by atoms with Gasteiger partial charge in [-0.25, -0.2) is 0 Å². The average Bonchev–Trinajstić information content (AvgIpc) is 3.24. The van der Waals surface area contributed by atoms with E-state index in [9.17, 15) is 0 Å². The van der Waals surface area contributed by atoms with Crippen molar-refractivity contribution in [3.05, 3.63) is 137 Å². The molecule has 4 aromatic rings. The summed E-state index contributed by atoms with van der Waals surface area (Å²) in [5, 5.41) is 3.10. The number of allylic oxidation sites excluding steroid dienone is 1. The van der Waals surface area contributed by atoms with E-state index in [0.29, 0.717) is 90.6 Å². The normalized spacial score (nSPS) is 12.3. The molecule has 0 radical (unpaired) electrons. The minimum atomic E-state index is -0.561. The minimum Gasteiger partial charge on any atom is -0.490 e. The molecule has 0 atom stereocenters. The van der Waals surface area contributed by atoms with Crippen LogP contribution in [0.1, 0.15) is 141 Å². The molecule has 0 N–H and O–H groups in total. The van der Waals surface area contributed by atoms with Crippen LogP contribution >= 0.6 is 81.2 Å². The molecule has 0 saturated heterocycles. The fourth-order valence-electron chi connectivity index (χ4n) is 7.90. The Balaban J connectivity index is 1.47. The SMILES string of the molecule is C=CCCOc1c(Cl)cc(C(C)(C)c2cc(Cl)c(OC(CC)(CC)CCCOc3c(Cl)cc(C(C)(C)c4cc(C)c(OC(CC)(CC)CCC=C)c(Cl)c4)cc3Cl)c(Cl)c2)cc1Cl. The minimum absolute atomic E-state index is 0.312. The molecule has 0 aromatic heterocycles. The Morgan fingerprint density at radius 2 is 0.794 bits per heavy atom. The van der Waals surface area contributed by atoms with E-state index in [2.05, 4.69) is 74.6 Å². The number of benzene rings is 4. The Morgan fingerprint density at radius 3 is 1.17 bits per heavy atom. The third-order valence-corrected chi connectivity index (χ3v) is 14.7. The van der Waals surface area contributed by atoms with Crippen LogP contribution in [0.2, 0.25) is 35.2 Å². The smallest absolute Gasteiger partial charge is 0.157 e. The molecular weight excluding hydrogens is 937 g/mol. The third-order valence-electron chi connectivity index (χ3n) is 12.7. The standard InChI is InChI=1S/C52H63Cl7O4/c1-12-18-21-51(14-3,15-4)62-45-33(7)25-34(26-38(45)53)49(8,9)35-27-41(56)47(42(57)28-35)61-24-20-22-52(16-5,17-6)63-48-43(58)31-37(32-44(48)59)50(10,11)36-29-39(54)46(40(55)30-36)60-23-19-13-2/h12-13,25-32H,1-2,14-24H2,3-11H3. The molecule has 4 nitrogen and oxygen atoms in total. The van der Waals surface area contributed by atoms with Crippen LogP contribution in [0.3, 0.4) is 0 Å². The molecule has 4 aromatic carbocycles. The van der Waals surface area contributed by atoms with Crippen LogP contribution in [0.15, 0.2) is 73.8 Å². The van der Waals surface area contributed by atoms with Gasteiger partial charge in [0.25, 0.3) is 0 Å². The molecule has 0 amide bonds. The van der Waals surface area contributed by atoms with Crippen LogP contribution < -0.4 is 18.9 Å². The monoisotopic (exact) mass is 996 g/mol. The van der Waals surface area contributed by atoms with Crippen LogP contribution in [0.25, 0.3) is 0 Å². The van der Waals surface area contributed by atoms with Gasteiger partial charge in [0.15, 0.2) is 17.2 Å². The zero-order valence-corrected chi connectivity index (χ0v) is 43.5. The summed E-state index contributed by atoms with van der Waals surface area (Å²) in [6, 6.07) is 15.5. The van der Waals surface area contributed by atoms with Crippen molar-refractivity contribution in [1.29, 1.82) is 0 Å². The van der Waals surface area contributed by atoms with Gasteiger partial charge < -0.3 is 18.9 Å². The Morgan fingerprint density at radius 1 is 0.460 bits per heavy atom. The fraction of sp³-hybridized carbons (Fsp3) is 0.462. The van der Waals surface area contributed by atoms with Gasteiger partial charge in [0.2, 0.25) is 0 Å². The molecule has 4 rings (SSSR count). The summed E-state index contributed by atoms with van der Waals surface area (Å²) in [5.41, 5.74) is 2.75. The van der Waals surface area contributed by atoms with Gasteiger partial charge in [-0.15, -0.1) is 13.2 Å². The molecule has 11 heteroatoms. The highest BCUT2D eigenvalue weighted by molar-refractivity contribution is 6.38. The van der Waals surface area contributed by atoms with Gasteiger partial charge in [0.1, 0.15) is 17.0 Å². The number of ether oxygens (including phenoxy) is 4. The Bertz CT molecular complexity index is 2130. The van der Waals surface area contributed by atoms with Crippen LogP contribution in [0.5, 0.6) is 23.0 Å². The van der Waals surface area contributed by atoms with E-state index in [-0.39, 0.29) is 5.60 Å². The lowest BCUT2D eigenvalue weighted by atomic mass is 9.77. The number of aryl methyl sites for hydroxylation is 1. The van der Waals surface area contributed by atoms with Crippen LogP contribution in [0.4, 0.5) is 0 Å². The van der Waals surface area contributed by atoms with Gasteiger partial charge in [-0.3, -0.25) is 0 Å². The van der Waals surface area contributed by atoms with E-state index < -0.39 is 16.4 Å². The topological polar surface area (TPSA) is 36.9 Å². The van der Waals surface area contributed by atoms with Crippen LogP contribution in [0, 0.1) is 6.92 Å². The summed E-state index contributed by atoms with van der Waals surface area (Å²) in [6.45, 7) is 27.4. The highest BCUT2D eigenvalue weighted by Gasteiger charge is 2.34. The zero-order chi connectivity index (χ0) is 46.9. The van der Waals surface area contributed by atoms with E-state index in [4.69, 9.17) is 100 Å². The third kappa shape index (κ3) is 12.5. The van der Waals surface area contributed by atoms with Gasteiger partial charge in [0.05, 0.1) is 48.4 Å². The molecule has 0 saturated carbocycles. The fourth-order valence-corrected chi connectivity index (χ4v) is 9.96. The quantitative estimate of drug-likeness (QED) is 0.0518. The van der Waals surface area contributed by atoms with Crippen LogP contribution in [-0.4, -0.2) is 24.4 Å². The average molecular weight is 1000 g/mol. The molecule has 0 aliphatic carbocycles. The summed E-state index contributed by atoms with van der Waals surface area (Å²) < 4.78 is 25.5. The summed E-state index contributed by atoms with van der Waals surface area (Å²) in [7, 11) is 0. The van der Waals surface area contributed by atoms with E-state index in [0.717, 1.165) is 66.3 Å². The second-order valence-corrected chi connectivity index (χ2v) is 20.2. The van der Waals surface area contributed by atoms with Gasteiger partial charge in [-0.1, -0.05) is 155 Å². The Kier molecular flexibility index (Phi) is 19.3. The van der Waals surface area contributed by atoms with Gasteiger partial charge in [0, 0.05) is 10.8 Å². The van der Waals surface area contributed by atoms with Crippen molar-refractivity contribution in [2.24, 2.45) is 0 Å². The van der Waals surface area contributed by atoms with Gasteiger partial charge in [-0.2, -0.15) is 0 Å². The van der Waals surface area contributed by atoms with Crippen molar-refractivity contribution in [2.75, 3.05) is 13.2 Å². The maximum atomic E-state index is 6.98. The first kappa shape index (κ1) is 53.2. The number of rotatable bonds is 24. The van der Waals surface area contributed by atoms with E-state index in [1.807, 2.05) is 55.5 Å². The number of hydrogen-bond donors (Lipinski definition) is 0. The summed E-state index contributed by atoms with van der Waals surface area (Å²) in [5.74, 6) is 2.03. The first-order valence-corrected chi connectivity index (χ1v) is 24.5. The van der Waals surface area contributed by atoms with Gasteiger partial charge >= 0.3 is 0 Å². The molecule has 0 spiro atoms. The van der Waals surface area contributed by atoms with Crippen molar-refractivity contribution in [1.82, 2.24) is 0 Å². The van der Waals surface area contributed by atoms with Crippen molar-refractivity contribution in [3.8, 4) is 23.0 Å². The molecule has 63 heavy (non-hydrogen) atoms. The Labute approximate surface area is 412 Å². The van der Waals surface area contributed by atoms with E-state index >= 15 is 0 Å². The first-order valence-electron chi connectivity index (χ1n) is 21.8. The predicted molar refractivity (Wildman–Crippen MR) is 272 cm³/mol. The summed E-state index contributed by atoms with van der Waals surface area (Å²) >= 11 is 48.1. The predicted octanol–water partition coefficient (Wildman–Crippen LogP) is 18.9. The second kappa shape index (κ2) is 22.9. The first-order chi connectivity index (χ1) is 29.7. The zero-order valence-electron chi connectivity index (χ0n) is 38.2. The lowest BCUT2D eigenvalue weighted by Crippen LogP contribution is -2.35. The molecule has 0 bridgehead atoms. The lowest BCUT2D eigenvalue weighted by molar-refractivity contribution is 0.0452. The number of hydrogen-bond acceptors (Lipinski definition) is 4. The molecule has 0 unspecified atom stereocenters. The van der Waals surface area contributed by atoms with Crippen molar-refractivity contribution in [2.45, 2.75) is 142 Å². The maximum Gasteiger partial charge on any atom is 0.157 e. The summed E-state index contributed by atoms with van der Waals surface area (Å²) in [4.78, 5) is 0. The molecular formula is C52H63Cl7O4. The van der Waals surface area contributed by atoms with Crippen molar-refractivity contribution < 1.29 is 18.9 Å². The summed E-state index contributed by atoms with van der Waals surface area (Å²) in [6.07, 6.45) is 10.6.